The summed E-state index contributed by atoms with van der Waals surface area (Å²) in [7, 11) is 0. The van der Waals surface area contributed by atoms with E-state index in [1.807, 2.05) is 0 Å². The van der Waals surface area contributed by atoms with E-state index >= 15 is 0 Å². The molecular weight excluding hydrogens is 173 g/mol. The number of rotatable bonds is 1. The van der Waals surface area contributed by atoms with Gasteiger partial charge in [0.05, 0.1) is 0 Å². The van der Waals surface area contributed by atoms with Crippen molar-refractivity contribution < 1.29 is 26.3 Å². The zero-order valence-electron chi connectivity index (χ0n) is 5.55. The van der Waals surface area contributed by atoms with Crippen LogP contribution in [0.25, 0.3) is 0 Å². The van der Waals surface area contributed by atoms with Gasteiger partial charge in [0.25, 0.3) is 0 Å². The minimum Gasteiger partial charge on any atom is -0.181 e. The van der Waals surface area contributed by atoms with Gasteiger partial charge in [-0.2, -0.15) is 26.3 Å². The second-order valence-electron chi connectivity index (χ2n) is 2.04. The lowest BCUT2D eigenvalue weighted by Gasteiger charge is -2.17. The Morgan fingerprint density at radius 3 is 1.18 bits per heavy atom. The number of hydrogen-bond donors (Lipinski definition) is 0. The highest BCUT2D eigenvalue weighted by Crippen LogP contribution is 2.33. The van der Waals surface area contributed by atoms with E-state index in [0.29, 0.717) is 0 Å². The van der Waals surface area contributed by atoms with Gasteiger partial charge >= 0.3 is 18.9 Å². The molecule has 0 N–H and O–H groups in total. The van der Waals surface area contributed by atoms with Gasteiger partial charge in [-0.15, -0.1) is 0 Å². The largest absolute Gasteiger partial charge is 0.400 e. The van der Waals surface area contributed by atoms with E-state index in [2.05, 4.69) is 0 Å². The quantitative estimate of drug-likeness (QED) is 0.427. The van der Waals surface area contributed by atoms with Crippen LogP contribution < -0.4 is 0 Å². The maximum absolute atomic E-state index is 11.5. The van der Waals surface area contributed by atoms with Crippen molar-refractivity contribution in [3.8, 4) is 0 Å². The van der Waals surface area contributed by atoms with Crippen LogP contribution in [-0.2, 0) is 0 Å². The summed E-state index contributed by atoms with van der Waals surface area (Å²) in [5, 5.41) is 0. The van der Waals surface area contributed by atoms with E-state index in [1.54, 1.807) is 0 Å². The first-order chi connectivity index (χ1) is 4.69. The van der Waals surface area contributed by atoms with Crippen LogP contribution in [0.3, 0.4) is 0 Å². The fourth-order valence-electron chi connectivity index (χ4n) is 0.648. The highest BCUT2D eigenvalue weighted by Gasteiger charge is 2.59. The van der Waals surface area contributed by atoms with Gasteiger partial charge in [0, 0.05) is 0 Å². The Balaban J connectivity index is 4.43. The Morgan fingerprint density at radius 2 is 1.18 bits per heavy atom. The molecule has 0 bridgehead atoms. The third kappa shape index (κ3) is 3.03. The molecule has 0 saturated carbocycles. The van der Waals surface area contributed by atoms with Crippen molar-refractivity contribution in [1.29, 1.82) is 0 Å². The van der Waals surface area contributed by atoms with E-state index in [0.717, 1.165) is 6.92 Å². The molecular formula is C4H5BF6. The molecule has 11 heavy (non-hydrogen) atoms. The maximum atomic E-state index is 11.5. The lowest BCUT2D eigenvalue weighted by Crippen LogP contribution is -2.46. The standard InChI is InChI=1S/C4H5BF6/c1-2-5(3(6,7)8)4(9,10)11/h2H2,1H3. The Labute approximate surface area is 59.7 Å². The Morgan fingerprint density at radius 1 is 0.909 bits per heavy atom. The Hall–Kier alpha value is -0.355. The van der Waals surface area contributed by atoms with Crippen molar-refractivity contribution in [3.63, 3.8) is 0 Å². The van der Waals surface area contributed by atoms with E-state index < -0.39 is 25.2 Å². The topological polar surface area (TPSA) is 0 Å². The predicted molar refractivity (Wildman–Crippen MR) is 28.3 cm³/mol. The third-order valence-electron chi connectivity index (χ3n) is 1.20. The molecule has 0 amide bonds. The van der Waals surface area contributed by atoms with Gasteiger partial charge in [-0.25, -0.2) is 0 Å². The highest BCUT2D eigenvalue weighted by atomic mass is 19.4. The van der Waals surface area contributed by atoms with Crippen LogP contribution in [0.1, 0.15) is 6.92 Å². The highest BCUT2D eigenvalue weighted by molar-refractivity contribution is 6.62. The van der Waals surface area contributed by atoms with Crippen LogP contribution in [-0.4, -0.2) is 18.9 Å². The summed E-state index contributed by atoms with van der Waals surface area (Å²) < 4.78 is 69.0. The van der Waals surface area contributed by atoms with Gasteiger partial charge in [0.2, 0.25) is 0 Å². The summed E-state index contributed by atoms with van der Waals surface area (Å²) in [5.74, 6) is 0. The lowest BCUT2D eigenvalue weighted by atomic mass is 9.46. The molecule has 0 saturated heterocycles. The Bertz CT molecular complexity index is 110. The summed E-state index contributed by atoms with van der Waals surface area (Å²) in [4.78, 5) is 0. The Kier molecular flexibility index (Phi) is 2.85. The van der Waals surface area contributed by atoms with Gasteiger partial charge in [-0.05, 0) is 0 Å². The summed E-state index contributed by atoms with van der Waals surface area (Å²) >= 11 is 0. The van der Waals surface area contributed by atoms with E-state index in [4.69, 9.17) is 0 Å². The number of alkyl halides is 6. The van der Waals surface area contributed by atoms with Gasteiger partial charge < -0.3 is 0 Å². The molecule has 0 aromatic heterocycles. The molecule has 0 rings (SSSR count). The second kappa shape index (κ2) is 2.94. The minimum atomic E-state index is -5.17. The molecule has 0 unspecified atom stereocenters. The molecule has 66 valence electrons. The van der Waals surface area contributed by atoms with E-state index in [9.17, 15) is 26.3 Å². The third-order valence-corrected chi connectivity index (χ3v) is 1.20. The predicted octanol–water partition coefficient (Wildman–Crippen LogP) is 2.70. The molecule has 0 aromatic rings. The lowest BCUT2D eigenvalue weighted by molar-refractivity contribution is -0.104. The van der Waals surface area contributed by atoms with Crippen LogP contribution in [0.15, 0.2) is 0 Å². The molecule has 0 heterocycles. The van der Waals surface area contributed by atoms with Crippen LogP contribution >= 0.6 is 0 Å². The summed E-state index contributed by atoms with van der Waals surface area (Å²) in [6, 6.07) is 0. The van der Waals surface area contributed by atoms with Crippen LogP contribution in [0.5, 0.6) is 0 Å². The average Bonchev–Trinajstić information content (AvgIpc) is 1.56. The molecule has 0 aliphatic rings. The summed E-state index contributed by atoms with van der Waals surface area (Å²) in [6.45, 7) is -2.33. The fraction of sp³-hybridized carbons (Fsp3) is 1.00. The van der Waals surface area contributed by atoms with E-state index in [1.165, 1.54) is 0 Å². The van der Waals surface area contributed by atoms with Crippen LogP contribution in [0, 0.1) is 0 Å². The normalized spacial score (nSPS) is 13.4. The first kappa shape index (κ1) is 10.6. The molecule has 0 aliphatic carbocycles. The van der Waals surface area contributed by atoms with Crippen molar-refractivity contribution in [1.82, 2.24) is 0 Å². The monoisotopic (exact) mass is 178 g/mol. The zero-order valence-corrected chi connectivity index (χ0v) is 5.55. The minimum absolute atomic E-state index is 0.853. The number of hydrogen-bond acceptors (Lipinski definition) is 0. The molecule has 0 spiro atoms. The van der Waals surface area contributed by atoms with Crippen molar-refractivity contribution in [2.75, 3.05) is 0 Å². The average molecular weight is 178 g/mol. The molecule has 0 aromatic carbocycles. The first-order valence-corrected chi connectivity index (χ1v) is 2.83. The van der Waals surface area contributed by atoms with Gasteiger partial charge in [0.15, 0.2) is 0 Å². The summed E-state index contributed by atoms with van der Waals surface area (Å²) in [5.41, 5.74) is 0. The van der Waals surface area contributed by atoms with Crippen molar-refractivity contribution in [2.24, 2.45) is 0 Å². The molecule has 0 radical (unpaired) electrons. The fourth-order valence-corrected chi connectivity index (χ4v) is 0.648. The second-order valence-corrected chi connectivity index (χ2v) is 2.04. The molecule has 0 fully saturated rings. The van der Waals surface area contributed by atoms with E-state index in [-0.39, 0.29) is 0 Å². The molecule has 0 aliphatic heterocycles. The van der Waals surface area contributed by atoms with Crippen LogP contribution in [0.4, 0.5) is 26.3 Å². The molecule has 0 nitrogen and oxygen atoms in total. The smallest absolute Gasteiger partial charge is 0.181 e. The number of halogens is 6. The van der Waals surface area contributed by atoms with Gasteiger partial charge in [-0.1, -0.05) is 13.2 Å². The van der Waals surface area contributed by atoms with Crippen molar-refractivity contribution in [3.05, 3.63) is 0 Å². The van der Waals surface area contributed by atoms with Crippen LogP contribution in [0.2, 0.25) is 6.32 Å². The SMILES string of the molecule is CCB(C(F)(F)F)C(F)(F)F. The molecule has 7 heteroatoms. The van der Waals surface area contributed by atoms with Gasteiger partial charge in [-0.3, -0.25) is 0 Å². The van der Waals surface area contributed by atoms with Gasteiger partial charge in [0.1, 0.15) is 0 Å². The maximum Gasteiger partial charge on any atom is 0.400 e. The first-order valence-electron chi connectivity index (χ1n) is 2.83. The van der Waals surface area contributed by atoms with Crippen molar-refractivity contribution in [2.45, 2.75) is 25.4 Å². The molecule has 0 atom stereocenters. The van der Waals surface area contributed by atoms with Crippen molar-refractivity contribution >= 4 is 6.71 Å². The summed E-state index contributed by atoms with van der Waals surface area (Å²) in [6.07, 6.45) is -11.3. The zero-order chi connectivity index (χ0) is 9.28.